The van der Waals surface area contributed by atoms with Gasteiger partial charge in [0, 0.05) is 20.6 Å². The van der Waals surface area contributed by atoms with Crippen LogP contribution in [0.3, 0.4) is 0 Å². The fourth-order valence-electron chi connectivity index (χ4n) is 1.52. The molecule has 0 aromatic heterocycles. The quantitative estimate of drug-likeness (QED) is 0.369. The number of methoxy groups -OCH3 is 2. The van der Waals surface area contributed by atoms with Gasteiger partial charge in [0.25, 0.3) is 0 Å². The highest BCUT2D eigenvalue weighted by Gasteiger charge is 2.40. The zero-order valence-corrected chi connectivity index (χ0v) is 10.1. The van der Waals surface area contributed by atoms with Crippen molar-refractivity contribution < 1.29 is 28.5 Å². The van der Waals surface area contributed by atoms with Crippen LogP contribution in [0.1, 0.15) is 6.42 Å². The van der Waals surface area contributed by atoms with Crippen LogP contribution >= 0.6 is 0 Å². The minimum Gasteiger partial charge on any atom is -0.460 e. The molecule has 1 fully saturated rings. The van der Waals surface area contributed by atoms with E-state index in [9.17, 15) is 4.79 Å². The topological polar surface area (TPSA) is 63.2 Å². The number of carbonyl (C=O) groups excluding carboxylic acids is 1. The highest BCUT2D eigenvalue weighted by atomic mass is 16.7. The third-order valence-electron chi connectivity index (χ3n) is 2.29. The van der Waals surface area contributed by atoms with E-state index in [0.717, 1.165) is 0 Å². The normalized spacial score (nSPS) is 28.0. The molecule has 3 atom stereocenters. The lowest BCUT2D eigenvalue weighted by Gasteiger charge is -2.16. The van der Waals surface area contributed by atoms with Crippen LogP contribution in [0, 0.1) is 0 Å². The predicted octanol–water partition coefficient (Wildman–Crippen LogP) is 0.466. The lowest BCUT2D eigenvalue weighted by Crippen LogP contribution is -2.26. The minimum absolute atomic E-state index is 0.127. The number of hydrogen-bond acceptors (Lipinski definition) is 6. The Labute approximate surface area is 100 Å². The van der Waals surface area contributed by atoms with Gasteiger partial charge in [0.2, 0.25) is 0 Å². The van der Waals surface area contributed by atoms with Crippen molar-refractivity contribution in [2.45, 2.75) is 24.9 Å². The summed E-state index contributed by atoms with van der Waals surface area (Å²) in [6.45, 7) is 3.76. The van der Waals surface area contributed by atoms with Gasteiger partial charge in [-0.1, -0.05) is 12.7 Å². The number of esters is 1. The van der Waals surface area contributed by atoms with E-state index in [1.807, 2.05) is 0 Å². The van der Waals surface area contributed by atoms with Gasteiger partial charge in [-0.3, -0.25) is 0 Å². The van der Waals surface area contributed by atoms with E-state index < -0.39 is 18.4 Å². The molecule has 98 valence electrons. The molecule has 0 aromatic carbocycles. The lowest BCUT2D eigenvalue weighted by molar-refractivity contribution is -0.189. The van der Waals surface area contributed by atoms with Crippen LogP contribution < -0.4 is 0 Å². The van der Waals surface area contributed by atoms with Crippen LogP contribution in [0.5, 0.6) is 0 Å². The minimum atomic E-state index is -0.665. The Hall–Kier alpha value is -0.950. The molecule has 0 bridgehead atoms. The van der Waals surface area contributed by atoms with Gasteiger partial charge in [-0.25, -0.2) is 4.79 Å². The molecule has 17 heavy (non-hydrogen) atoms. The van der Waals surface area contributed by atoms with Crippen LogP contribution in [0.4, 0.5) is 0 Å². The Kier molecular flexibility index (Phi) is 6.13. The van der Waals surface area contributed by atoms with Gasteiger partial charge in [0.1, 0.15) is 19.5 Å². The molecule has 6 heteroatoms. The summed E-state index contributed by atoms with van der Waals surface area (Å²) < 4.78 is 25.5. The maximum Gasteiger partial charge on any atom is 0.335 e. The second kappa shape index (κ2) is 7.39. The Bertz CT molecular complexity index is 254. The third kappa shape index (κ3) is 4.08. The second-order valence-corrected chi connectivity index (χ2v) is 3.49. The van der Waals surface area contributed by atoms with Crippen molar-refractivity contribution in [2.24, 2.45) is 0 Å². The van der Waals surface area contributed by atoms with Crippen molar-refractivity contribution in [3.05, 3.63) is 12.7 Å². The van der Waals surface area contributed by atoms with E-state index in [1.54, 1.807) is 0 Å². The lowest BCUT2D eigenvalue weighted by atomic mass is 10.2. The summed E-state index contributed by atoms with van der Waals surface area (Å²) in [7, 11) is 3.01. The largest absolute Gasteiger partial charge is 0.460 e. The molecule has 0 saturated carbocycles. The van der Waals surface area contributed by atoms with Crippen LogP contribution in [0.2, 0.25) is 0 Å². The molecular formula is C11H18O6. The highest BCUT2D eigenvalue weighted by Crippen LogP contribution is 2.24. The molecular weight excluding hydrogens is 228 g/mol. The number of ether oxygens (including phenoxy) is 5. The Morgan fingerprint density at radius 2 is 2.29 bits per heavy atom. The van der Waals surface area contributed by atoms with Gasteiger partial charge < -0.3 is 23.7 Å². The Morgan fingerprint density at radius 1 is 1.53 bits per heavy atom. The smallest absolute Gasteiger partial charge is 0.335 e. The Balaban J connectivity index is 2.44. The Morgan fingerprint density at radius 3 is 2.88 bits per heavy atom. The van der Waals surface area contributed by atoms with Gasteiger partial charge >= 0.3 is 5.97 Å². The second-order valence-electron chi connectivity index (χ2n) is 3.49. The maximum atomic E-state index is 11.5. The molecule has 1 aliphatic heterocycles. The van der Waals surface area contributed by atoms with Crippen LogP contribution in [-0.2, 0) is 28.5 Å². The molecule has 0 aliphatic carbocycles. The fraction of sp³-hybridized carbons (Fsp3) is 0.727. The van der Waals surface area contributed by atoms with Crippen LogP contribution in [0.25, 0.3) is 0 Å². The summed E-state index contributed by atoms with van der Waals surface area (Å²) in [6, 6.07) is 0. The summed E-state index contributed by atoms with van der Waals surface area (Å²) >= 11 is 0. The highest BCUT2D eigenvalue weighted by molar-refractivity contribution is 5.75. The van der Waals surface area contributed by atoms with Crippen molar-refractivity contribution in [2.75, 3.05) is 27.6 Å². The summed E-state index contributed by atoms with van der Waals surface area (Å²) in [4.78, 5) is 11.5. The zero-order chi connectivity index (χ0) is 12.7. The first-order valence-electron chi connectivity index (χ1n) is 5.29. The molecule has 1 saturated heterocycles. The SMILES string of the molecule is C=CCOC(=O)[C@@H]1C[C@H](OCOC)[C@H](OC)O1. The molecule has 0 radical (unpaired) electrons. The molecule has 1 rings (SSSR count). The summed E-state index contributed by atoms with van der Waals surface area (Å²) in [5, 5.41) is 0. The number of rotatable bonds is 7. The number of hydrogen-bond donors (Lipinski definition) is 0. The predicted molar refractivity (Wildman–Crippen MR) is 58.2 cm³/mol. The van der Waals surface area contributed by atoms with Gasteiger partial charge in [-0.2, -0.15) is 0 Å². The molecule has 0 unspecified atom stereocenters. The van der Waals surface area contributed by atoms with Gasteiger partial charge in [-0.15, -0.1) is 0 Å². The van der Waals surface area contributed by atoms with Gasteiger partial charge in [0.05, 0.1) is 0 Å². The van der Waals surface area contributed by atoms with E-state index in [1.165, 1.54) is 20.3 Å². The molecule has 6 nitrogen and oxygen atoms in total. The molecule has 1 heterocycles. The first kappa shape index (κ1) is 14.1. The maximum absolute atomic E-state index is 11.5. The van der Waals surface area contributed by atoms with Gasteiger partial charge in [0.15, 0.2) is 12.4 Å². The zero-order valence-electron chi connectivity index (χ0n) is 10.1. The summed E-state index contributed by atoms with van der Waals surface area (Å²) in [5.74, 6) is -0.435. The fourth-order valence-corrected chi connectivity index (χ4v) is 1.52. The molecule has 1 aliphatic rings. The van der Waals surface area contributed by atoms with Crippen molar-refractivity contribution in [1.82, 2.24) is 0 Å². The van der Waals surface area contributed by atoms with E-state index >= 15 is 0 Å². The van der Waals surface area contributed by atoms with Crippen molar-refractivity contribution in [3.8, 4) is 0 Å². The van der Waals surface area contributed by atoms with Crippen molar-refractivity contribution in [1.29, 1.82) is 0 Å². The molecule has 0 N–H and O–H groups in total. The first-order valence-corrected chi connectivity index (χ1v) is 5.29. The standard InChI is InChI=1S/C11H18O6/c1-4-5-15-10(12)8-6-9(16-7-13-2)11(14-3)17-8/h4,8-9,11H,1,5-7H2,2-3H3/t8-,9-,11+/m0/s1. The summed E-state index contributed by atoms with van der Waals surface area (Å²) in [5.41, 5.74) is 0. The average Bonchev–Trinajstić information content (AvgIpc) is 2.76. The number of carbonyl (C=O) groups is 1. The van der Waals surface area contributed by atoms with Crippen LogP contribution in [0.15, 0.2) is 12.7 Å². The summed E-state index contributed by atoms with van der Waals surface area (Å²) in [6.07, 6.45) is 0.312. The third-order valence-corrected chi connectivity index (χ3v) is 2.29. The first-order chi connectivity index (χ1) is 8.22. The van der Waals surface area contributed by atoms with E-state index in [0.29, 0.717) is 6.42 Å². The van der Waals surface area contributed by atoms with E-state index in [2.05, 4.69) is 6.58 Å². The van der Waals surface area contributed by atoms with Crippen LogP contribution in [-0.4, -0.2) is 52.1 Å². The monoisotopic (exact) mass is 246 g/mol. The van der Waals surface area contributed by atoms with E-state index in [-0.39, 0.29) is 19.5 Å². The molecule has 0 spiro atoms. The van der Waals surface area contributed by atoms with E-state index in [4.69, 9.17) is 23.7 Å². The van der Waals surface area contributed by atoms with Crippen molar-refractivity contribution in [3.63, 3.8) is 0 Å². The van der Waals surface area contributed by atoms with Gasteiger partial charge in [-0.05, 0) is 0 Å². The van der Waals surface area contributed by atoms with Crippen molar-refractivity contribution >= 4 is 5.97 Å². The average molecular weight is 246 g/mol. The molecule has 0 amide bonds. The molecule has 0 aromatic rings.